The number of hydrogen-bond donors (Lipinski definition) is 3. The number of aliphatic hydroxyl groups excluding tert-OH is 2. The highest BCUT2D eigenvalue weighted by atomic mass is 19.1. The fraction of sp³-hybridized carbons (Fsp3) is 0.682. The van der Waals surface area contributed by atoms with E-state index in [2.05, 4.69) is 0 Å². The standard InChI is InChI=1S/C22H28F2O4/c1-12-8-14-15-9-16(23)13-6-4-5-7-19(13,2)21(15,24)17(26)10-20(14,3)22(12,28)18(27)11-25/h4-7,12,14-15,17,25-26,28H,8-11H2,1-3H3/t12-,14+,15+,17+,19+,20+,21+,22+/m1/s1. The van der Waals surface area contributed by atoms with Crippen molar-refractivity contribution in [1.29, 1.82) is 0 Å². The minimum Gasteiger partial charge on any atom is -0.390 e. The van der Waals surface area contributed by atoms with Crippen LogP contribution in [0.15, 0.2) is 35.7 Å². The van der Waals surface area contributed by atoms with E-state index in [4.69, 9.17) is 0 Å². The smallest absolute Gasteiger partial charge is 0.190 e. The van der Waals surface area contributed by atoms with E-state index in [1.807, 2.05) is 0 Å². The van der Waals surface area contributed by atoms with E-state index in [9.17, 15) is 20.1 Å². The minimum absolute atomic E-state index is 0.126. The molecule has 0 radical (unpaired) electrons. The number of hydrogen-bond acceptors (Lipinski definition) is 4. The van der Waals surface area contributed by atoms with E-state index in [0.717, 1.165) is 0 Å². The van der Waals surface area contributed by atoms with Crippen molar-refractivity contribution in [3.63, 3.8) is 0 Å². The van der Waals surface area contributed by atoms with Crippen molar-refractivity contribution in [2.24, 2.45) is 28.6 Å². The van der Waals surface area contributed by atoms with Crippen molar-refractivity contribution in [2.45, 2.75) is 57.4 Å². The van der Waals surface area contributed by atoms with E-state index in [1.54, 1.807) is 45.1 Å². The summed E-state index contributed by atoms with van der Waals surface area (Å²) in [5.74, 6) is -3.04. The molecule has 4 nitrogen and oxygen atoms in total. The Kier molecular flexibility index (Phi) is 4.15. The zero-order valence-electron chi connectivity index (χ0n) is 16.5. The lowest BCUT2D eigenvalue weighted by Crippen LogP contribution is -2.69. The molecule has 0 aromatic heterocycles. The summed E-state index contributed by atoms with van der Waals surface area (Å²) in [4.78, 5) is 12.5. The highest BCUT2D eigenvalue weighted by Gasteiger charge is 2.75. The van der Waals surface area contributed by atoms with Gasteiger partial charge in [-0.25, -0.2) is 8.78 Å². The molecule has 4 aliphatic rings. The van der Waals surface area contributed by atoms with Gasteiger partial charge in [0, 0.05) is 17.8 Å². The normalized spacial score (nSPS) is 52.3. The molecule has 0 unspecified atom stereocenters. The average molecular weight is 394 g/mol. The third-order valence-corrected chi connectivity index (χ3v) is 8.56. The number of rotatable bonds is 2. The van der Waals surface area contributed by atoms with E-state index in [-0.39, 0.29) is 18.4 Å². The van der Waals surface area contributed by atoms with E-state index in [0.29, 0.717) is 6.42 Å². The Morgan fingerprint density at radius 1 is 1.29 bits per heavy atom. The third kappa shape index (κ3) is 1.97. The van der Waals surface area contributed by atoms with Gasteiger partial charge in [-0.2, -0.15) is 0 Å². The Hall–Kier alpha value is -1.37. The fourth-order valence-electron chi connectivity index (χ4n) is 7.07. The van der Waals surface area contributed by atoms with Gasteiger partial charge < -0.3 is 15.3 Å². The first-order valence-electron chi connectivity index (χ1n) is 9.97. The molecule has 0 aromatic rings. The van der Waals surface area contributed by atoms with Crippen molar-refractivity contribution in [3.05, 3.63) is 35.7 Å². The topological polar surface area (TPSA) is 77.8 Å². The van der Waals surface area contributed by atoms with Gasteiger partial charge in [0.1, 0.15) is 18.0 Å². The van der Waals surface area contributed by atoms with Crippen LogP contribution in [-0.2, 0) is 4.79 Å². The van der Waals surface area contributed by atoms with Crippen LogP contribution in [0.3, 0.4) is 0 Å². The quantitative estimate of drug-likeness (QED) is 0.673. The zero-order chi connectivity index (χ0) is 20.7. The average Bonchev–Trinajstić information content (AvgIpc) is 2.85. The van der Waals surface area contributed by atoms with Crippen molar-refractivity contribution in [3.8, 4) is 0 Å². The highest BCUT2D eigenvalue weighted by Crippen LogP contribution is 2.70. The molecule has 0 bridgehead atoms. The van der Waals surface area contributed by atoms with Gasteiger partial charge in [0.25, 0.3) is 0 Å². The molecule has 28 heavy (non-hydrogen) atoms. The van der Waals surface area contributed by atoms with Gasteiger partial charge in [-0.3, -0.25) is 4.79 Å². The maximum absolute atomic E-state index is 16.8. The Balaban J connectivity index is 1.89. The van der Waals surface area contributed by atoms with Gasteiger partial charge in [0.05, 0.1) is 11.5 Å². The molecule has 6 heteroatoms. The molecule has 4 rings (SSSR count). The number of allylic oxidation sites excluding steroid dienone is 6. The van der Waals surface area contributed by atoms with Crippen LogP contribution in [0.25, 0.3) is 0 Å². The minimum atomic E-state index is -2.11. The van der Waals surface area contributed by atoms with Crippen LogP contribution < -0.4 is 0 Å². The number of alkyl halides is 1. The maximum atomic E-state index is 16.8. The number of Topliss-reactive ketones (excluding diaryl/α,β-unsaturated/α-hetero) is 1. The summed E-state index contributed by atoms with van der Waals surface area (Å²) in [6, 6.07) is 0. The van der Waals surface area contributed by atoms with Gasteiger partial charge in [0.15, 0.2) is 11.5 Å². The molecule has 4 aliphatic carbocycles. The summed E-state index contributed by atoms with van der Waals surface area (Å²) in [6.07, 6.45) is 5.07. The first-order chi connectivity index (χ1) is 13.0. The number of ketones is 1. The molecule has 154 valence electrons. The van der Waals surface area contributed by atoms with Gasteiger partial charge in [-0.05, 0) is 37.2 Å². The molecule has 0 aromatic carbocycles. The van der Waals surface area contributed by atoms with Crippen LogP contribution >= 0.6 is 0 Å². The number of carbonyl (C=O) groups excluding carboxylic acids is 1. The second-order valence-electron chi connectivity index (χ2n) is 9.55. The molecule has 0 saturated heterocycles. The largest absolute Gasteiger partial charge is 0.390 e. The van der Waals surface area contributed by atoms with Crippen LogP contribution in [0, 0.1) is 28.6 Å². The molecule has 8 atom stereocenters. The van der Waals surface area contributed by atoms with E-state index >= 15 is 8.78 Å². The Morgan fingerprint density at radius 2 is 1.96 bits per heavy atom. The number of fused-ring (bicyclic) bond motifs is 5. The lowest BCUT2D eigenvalue weighted by Gasteiger charge is -2.61. The molecular weight excluding hydrogens is 366 g/mol. The van der Waals surface area contributed by atoms with Crippen molar-refractivity contribution in [1.82, 2.24) is 0 Å². The van der Waals surface area contributed by atoms with E-state index in [1.165, 1.54) is 0 Å². The van der Waals surface area contributed by atoms with Gasteiger partial charge in [-0.15, -0.1) is 0 Å². The SMILES string of the molecule is C[C@@H]1C[C@H]2[C@@H]3CC(F)=C4C=CC=C[C@]4(C)[C@@]3(F)[C@@H](O)C[C@]2(C)[C@@]1(O)C(=O)CO. The monoisotopic (exact) mass is 394 g/mol. The van der Waals surface area contributed by atoms with Crippen LogP contribution in [0.4, 0.5) is 8.78 Å². The van der Waals surface area contributed by atoms with Gasteiger partial charge in [-0.1, -0.05) is 38.2 Å². The number of carbonyl (C=O) groups is 1. The van der Waals surface area contributed by atoms with Crippen molar-refractivity contribution >= 4 is 5.78 Å². The van der Waals surface area contributed by atoms with Crippen LogP contribution in [0.5, 0.6) is 0 Å². The summed E-state index contributed by atoms with van der Waals surface area (Å²) in [5, 5.41) is 31.9. The van der Waals surface area contributed by atoms with Crippen LogP contribution in [0.2, 0.25) is 0 Å². The first kappa shape index (κ1) is 19.9. The lowest BCUT2D eigenvalue weighted by molar-refractivity contribution is -0.216. The first-order valence-corrected chi connectivity index (χ1v) is 9.97. The second-order valence-corrected chi connectivity index (χ2v) is 9.55. The Bertz CT molecular complexity index is 819. The molecule has 0 spiro atoms. The summed E-state index contributed by atoms with van der Waals surface area (Å²) < 4.78 is 31.9. The van der Waals surface area contributed by atoms with Crippen molar-refractivity contribution in [2.75, 3.05) is 6.61 Å². The summed E-state index contributed by atoms with van der Waals surface area (Å²) in [5.41, 5.74) is -6.20. The van der Waals surface area contributed by atoms with Crippen LogP contribution in [-0.4, -0.2) is 45.1 Å². The summed E-state index contributed by atoms with van der Waals surface area (Å²) in [7, 11) is 0. The molecular formula is C22H28F2O4. The summed E-state index contributed by atoms with van der Waals surface area (Å²) in [6.45, 7) is 4.17. The van der Waals surface area contributed by atoms with E-state index < -0.39 is 64.2 Å². The number of aliphatic hydroxyl groups is 3. The Labute approximate surface area is 163 Å². The molecule has 0 heterocycles. The molecule has 2 fully saturated rings. The van der Waals surface area contributed by atoms with Crippen molar-refractivity contribution < 1.29 is 28.9 Å². The second kappa shape index (κ2) is 5.83. The maximum Gasteiger partial charge on any atom is 0.190 e. The molecule has 2 saturated carbocycles. The lowest BCUT2D eigenvalue weighted by atomic mass is 9.45. The van der Waals surface area contributed by atoms with Gasteiger partial charge in [0.2, 0.25) is 0 Å². The fourth-order valence-corrected chi connectivity index (χ4v) is 7.07. The van der Waals surface area contributed by atoms with Gasteiger partial charge >= 0.3 is 0 Å². The highest BCUT2D eigenvalue weighted by molar-refractivity contribution is 5.90. The molecule has 3 N–H and O–H groups in total. The number of halogens is 2. The Morgan fingerprint density at radius 3 is 2.61 bits per heavy atom. The third-order valence-electron chi connectivity index (χ3n) is 8.56. The van der Waals surface area contributed by atoms with Crippen LogP contribution in [0.1, 0.15) is 40.0 Å². The zero-order valence-corrected chi connectivity index (χ0v) is 16.5. The predicted octanol–water partition coefficient (Wildman–Crippen LogP) is 2.79. The summed E-state index contributed by atoms with van der Waals surface area (Å²) >= 11 is 0. The molecule has 0 amide bonds. The molecule has 0 aliphatic heterocycles. The predicted molar refractivity (Wildman–Crippen MR) is 99.5 cm³/mol.